The molecule has 0 amide bonds. The molecule has 0 spiro atoms. The third kappa shape index (κ3) is 4.32. The molecule has 2 heteroatoms. The van der Waals surface area contributed by atoms with Crippen LogP contribution in [0.3, 0.4) is 0 Å². The number of rotatable bonds is 5. The Bertz CT molecular complexity index is 363. The van der Waals surface area contributed by atoms with E-state index in [2.05, 4.69) is 55.5 Å². The Morgan fingerprint density at radius 2 is 1.74 bits per heavy atom. The van der Waals surface area contributed by atoms with Gasteiger partial charge in [-0.1, -0.05) is 29.8 Å². The fraction of sp³-hybridized carbons (Fsp3) is 0.647. The van der Waals surface area contributed by atoms with Crippen LogP contribution in [0.4, 0.5) is 0 Å². The molecule has 0 aromatic heterocycles. The Morgan fingerprint density at radius 1 is 1.11 bits per heavy atom. The molecule has 2 rings (SSSR count). The maximum atomic E-state index is 3.41. The van der Waals surface area contributed by atoms with Crippen molar-refractivity contribution in [3.63, 3.8) is 0 Å². The van der Waals surface area contributed by atoms with E-state index >= 15 is 0 Å². The zero-order valence-electron chi connectivity index (χ0n) is 12.7. The van der Waals surface area contributed by atoms with Gasteiger partial charge in [-0.05, 0) is 58.7 Å². The summed E-state index contributed by atoms with van der Waals surface area (Å²) < 4.78 is 0. The predicted octanol–water partition coefficient (Wildman–Crippen LogP) is 3.00. The third-order valence-corrected chi connectivity index (χ3v) is 4.60. The highest BCUT2D eigenvalue weighted by molar-refractivity contribution is 5.21. The molecule has 0 atom stereocenters. The fourth-order valence-corrected chi connectivity index (χ4v) is 3.05. The standard InChI is InChI=1S/C17H28N2/c1-14-4-6-15(7-5-14)12-13-19(3)17-10-8-16(18-2)9-11-17/h4-7,16-18H,8-13H2,1-3H3. The SMILES string of the molecule is CNC1CCC(N(C)CCc2ccc(C)cc2)CC1. The summed E-state index contributed by atoms with van der Waals surface area (Å²) in [7, 11) is 4.38. The Labute approximate surface area is 118 Å². The minimum atomic E-state index is 0.752. The Hall–Kier alpha value is -0.860. The highest BCUT2D eigenvalue weighted by Crippen LogP contribution is 2.22. The molecule has 0 aliphatic heterocycles. The van der Waals surface area contributed by atoms with Crippen LogP contribution in [-0.4, -0.2) is 37.6 Å². The van der Waals surface area contributed by atoms with Crippen LogP contribution in [0.1, 0.15) is 36.8 Å². The summed E-state index contributed by atoms with van der Waals surface area (Å²) in [4.78, 5) is 2.56. The summed E-state index contributed by atoms with van der Waals surface area (Å²) in [5, 5.41) is 3.41. The van der Waals surface area contributed by atoms with Crippen LogP contribution in [-0.2, 0) is 6.42 Å². The average molecular weight is 260 g/mol. The first kappa shape index (κ1) is 14.5. The van der Waals surface area contributed by atoms with Gasteiger partial charge in [-0.2, -0.15) is 0 Å². The number of nitrogens with one attached hydrogen (secondary N) is 1. The van der Waals surface area contributed by atoms with Crippen molar-refractivity contribution in [1.82, 2.24) is 10.2 Å². The van der Waals surface area contributed by atoms with Crippen molar-refractivity contribution in [2.24, 2.45) is 0 Å². The molecule has 0 radical (unpaired) electrons. The first-order chi connectivity index (χ1) is 9.19. The van der Waals surface area contributed by atoms with Crippen molar-refractivity contribution in [2.45, 2.75) is 51.1 Å². The van der Waals surface area contributed by atoms with Crippen LogP contribution < -0.4 is 5.32 Å². The van der Waals surface area contributed by atoms with E-state index in [-0.39, 0.29) is 0 Å². The molecule has 106 valence electrons. The third-order valence-electron chi connectivity index (χ3n) is 4.60. The van der Waals surface area contributed by atoms with Crippen molar-refractivity contribution < 1.29 is 0 Å². The quantitative estimate of drug-likeness (QED) is 0.875. The zero-order valence-corrected chi connectivity index (χ0v) is 12.7. The first-order valence-corrected chi connectivity index (χ1v) is 7.62. The minimum Gasteiger partial charge on any atom is -0.317 e. The van der Waals surface area contributed by atoms with E-state index in [1.807, 2.05) is 0 Å². The highest BCUT2D eigenvalue weighted by atomic mass is 15.1. The minimum absolute atomic E-state index is 0.752. The number of benzene rings is 1. The molecule has 1 aromatic rings. The molecule has 1 N–H and O–H groups in total. The molecule has 0 heterocycles. The van der Waals surface area contributed by atoms with Gasteiger partial charge in [0.2, 0.25) is 0 Å². The van der Waals surface area contributed by atoms with E-state index in [9.17, 15) is 0 Å². The second-order valence-corrected chi connectivity index (χ2v) is 6.01. The molecule has 1 fully saturated rings. The summed E-state index contributed by atoms with van der Waals surface area (Å²) in [5.74, 6) is 0. The highest BCUT2D eigenvalue weighted by Gasteiger charge is 2.22. The van der Waals surface area contributed by atoms with Gasteiger partial charge in [0.15, 0.2) is 0 Å². The summed E-state index contributed by atoms with van der Waals surface area (Å²) in [6.45, 7) is 3.33. The lowest BCUT2D eigenvalue weighted by Gasteiger charge is -2.34. The van der Waals surface area contributed by atoms with E-state index in [1.165, 1.54) is 49.8 Å². The van der Waals surface area contributed by atoms with Crippen LogP contribution in [0.15, 0.2) is 24.3 Å². The summed E-state index contributed by atoms with van der Waals surface area (Å²) in [6.07, 6.45) is 6.51. The molecular weight excluding hydrogens is 232 g/mol. The monoisotopic (exact) mass is 260 g/mol. The molecule has 1 aliphatic carbocycles. The zero-order chi connectivity index (χ0) is 13.7. The van der Waals surface area contributed by atoms with Crippen LogP contribution in [0.2, 0.25) is 0 Å². The summed E-state index contributed by atoms with van der Waals surface area (Å²) >= 11 is 0. The molecule has 1 aliphatic rings. The van der Waals surface area contributed by atoms with Gasteiger partial charge in [-0.25, -0.2) is 0 Å². The van der Waals surface area contributed by atoms with Crippen LogP contribution >= 0.6 is 0 Å². The summed E-state index contributed by atoms with van der Waals surface area (Å²) in [6, 6.07) is 10.5. The number of hydrogen-bond donors (Lipinski definition) is 1. The van der Waals surface area contributed by atoms with Crippen molar-refractivity contribution in [2.75, 3.05) is 20.6 Å². The van der Waals surface area contributed by atoms with Gasteiger partial charge in [-0.3, -0.25) is 0 Å². The Balaban J connectivity index is 1.75. The fourth-order valence-electron chi connectivity index (χ4n) is 3.05. The van der Waals surface area contributed by atoms with E-state index in [4.69, 9.17) is 0 Å². The Morgan fingerprint density at radius 3 is 2.32 bits per heavy atom. The number of likely N-dealkylation sites (N-methyl/N-ethyl adjacent to an activating group) is 1. The lowest BCUT2D eigenvalue weighted by molar-refractivity contribution is 0.178. The molecule has 0 bridgehead atoms. The lowest BCUT2D eigenvalue weighted by atomic mass is 9.90. The van der Waals surface area contributed by atoms with E-state index in [0.717, 1.165) is 12.1 Å². The van der Waals surface area contributed by atoms with Crippen molar-refractivity contribution >= 4 is 0 Å². The van der Waals surface area contributed by atoms with Crippen LogP contribution in [0.5, 0.6) is 0 Å². The number of aryl methyl sites for hydroxylation is 1. The molecule has 1 saturated carbocycles. The molecular formula is C17H28N2. The molecule has 0 unspecified atom stereocenters. The number of nitrogens with zero attached hydrogens (tertiary/aromatic N) is 1. The Kier molecular flexibility index (Phi) is 5.41. The molecule has 19 heavy (non-hydrogen) atoms. The van der Waals surface area contributed by atoms with Gasteiger partial charge in [0.1, 0.15) is 0 Å². The van der Waals surface area contributed by atoms with E-state index in [1.54, 1.807) is 0 Å². The maximum Gasteiger partial charge on any atom is 0.00934 e. The predicted molar refractivity (Wildman–Crippen MR) is 82.6 cm³/mol. The van der Waals surface area contributed by atoms with Gasteiger partial charge in [0.05, 0.1) is 0 Å². The first-order valence-electron chi connectivity index (χ1n) is 7.62. The summed E-state index contributed by atoms with van der Waals surface area (Å²) in [5.41, 5.74) is 2.81. The van der Waals surface area contributed by atoms with Gasteiger partial charge in [-0.15, -0.1) is 0 Å². The average Bonchev–Trinajstić information content (AvgIpc) is 2.46. The van der Waals surface area contributed by atoms with Gasteiger partial charge in [0, 0.05) is 18.6 Å². The van der Waals surface area contributed by atoms with Gasteiger partial charge < -0.3 is 10.2 Å². The van der Waals surface area contributed by atoms with Gasteiger partial charge >= 0.3 is 0 Å². The second-order valence-electron chi connectivity index (χ2n) is 6.01. The van der Waals surface area contributed by atoms with Crippen LogP contribution in [0.25, 0.3) is 0 Å². The normalized spacial score (nSPS) is 23.8. The largest absolute Gasteiger partial charge is 0.317 e. The molecule has 1 aromatic carbocycles. The number of hydrogen-bond acceptors (Lipinski definition) is 2. The van der Waals surface area contributed by atoms with Gasteiger partial charge in [0.25, 0.3) is 0 Å². The molecule has 0 saturated heterocycles. The lowest BCUT2D eigenvalue weighted by Crippen LogP contribution is -2.40. The molecule has 2 nitrogen and oxygen atoms in total. The van der Waals surface area contributed by atoms with Crippen molar-refractivity contribution in [1.29, 1.82) is 0 Å². The van der Waals surface area contributed by atoms with Crippen LogP contribution in [0, 0.1) is 6.92 Å². The topological polar surface area (TPSA) is 15.3 Å². The van der Waals surface area contributed by atoms with E-state index < -0.39 is 0 Å². The van der Waals surface area contributed by atoms with Crippen molar-refractivity contribution in [3.05, 3.63) is 35.4 Å². The maximum absolute atomic E-state index is 3.41. The second kappa shape index (κ2) is 7.06. The van der Waals surface area contributed by atoms with E-state index in [0.29, 0.717) is 0 Å². The smallest absolute Gasteiger partial charge is 0.00934 e. The van der Waals surface area contributed by atoms with Crippen molar-refractivity contribution in [3.8, 4) is 0 Å².